The van der Waals surface area contributed by atoms with Gasteiger partial charge in [0.15, 0.2) is 6.23 Å². The first kappa shape index (κ1) is 16.7. The third-order valence-electron chi connectivity index (χ3n) is 4.49. The molecule has 3 heterocycles. The quantitative estimate of drug-likeness (QED) is 0.692. The number of aromatic nitrogens is 2. The van der Waals surface area contributed by atoms with Crippen LogP contribution in [0.3, 0.4) is 0 Å². The molecule has 2 aliphatic rings. The number of esters is 1. The standard InChI is InChI=1S/C17H16N2O7/c20-8-11-13(22)17(15(23)24-9-10-4-2-1-3-5-10)14(25-11)19-7-6-12(21)18-16(19)26-17/h1-7,11,13-14,20,22H,8-9H2/t11-,13-,14-,17?/m1/s1. The molecule has 4 rings (SSSR count). The topological polar surface area (TPSA) is 120 Å². The van der Waals surface area contributed by atoms with Crippen molar-refractivity contribution in [3.8, 4) is 6.01 Å². The predicted octanol–water partition coefficient (Wildman–Crippen LogP) is -0.632. The number of aliphatic hydroxyl groups is 2. The van der Waals surface area contributed by atoms with Gasteiger partial charge in [0, 0.05) is 12.3 Å². The first-order valence-corrected chi connectivity index (χ1v) is 8.00. The van der Waals surface area contributed by atoms with E-state index in [1.165, 1.54) is 16.8 Å². The van der Waals surface area contributed by atoms with Crippen LogP contribution in [0.15, 0.2) is 47.4 Å². The summed E-state index contributed by atoms with van der Waals surface area (Å²) >= 11 is 0. The molecular formula is C17H16N2O7. The summed E-state index contributed by atoms with van der Waals surface area (Å²) in [6.07, 6.45) is -2.30. The molecule has 1 unspecified atom stereocenters. The molecule has 0 bridgehead atoms. The third-order valence-corrected chi connectivity index (χ3v) is 4.49. The van der Waals surface area contributed by atoms with Crippen LogP contribution in [-0.4, -0.2) is 50.1 Å². The Morgan fingerprint density at radius 2 is 2.08 bits per heavy atom. The summed E-state index contributed by atoms with van der Waals surface area (Å²) < 4.78 is 17.8. The molecule has 0 aliphatic carbocycles. The number of ether oxygens (including phenoxy) is 3. The van der Waals surface area contributed by atoms with Crippen molar-refractivity contribution in [1.82, 2.24) is 9.55 Å². The number of rotatable bonds is 4. The molecule has 1 aromatic heterocycles. The first-order chi connectivity index (χ1) is 12.6. The summed E-state index contributed by atoms with van der Waals surface area (Å²) in [5.74, 6) is -0.868. The summed E-state index contributed by atoms with van der Waals surface area (Å²) in [5, 5.41) is 20.0. The van der Waals surface area contributed by atoms with Crippen molar-refractivity contribution in [1.29, 1.82) is 0 Å². The molecule has 0 saturated carbocycles. The zero-order valence-corrected chi connectivity index (χ0v) is 13.5. The minimum Gasteiger partial charge on any atom is -0.458 e. The van der Waals surface area contributed by atoms with Gasteiger partial charge in [-0.25, -0.2) is 4.79 Å². The number of benzene rings is 1. The fraction of sp³-hybridized carbons (Fsp3) is 0.353. The van der Waals surface area contributed by atoms with E-state index in [1.54, 1.807) is 24.3 Å². The molecule has 4 atom stereocenters. The Labute approximate surface area is 147 Å². The number of carbonyl (C=O) groups excluding carboxylic acids is 1. The highest BCUT2D eigenvalue weighted by Gasteiger charge is 2.69. The zero-order valence-electron chi connectivity index (χ0n) is 13.5. The fourth-order valence-corrected chi connectivity index (χ4v) is 3.19. The van der Waals surface area contributed by atoms with Gasteiger partial charge in [-0.05, 0) is 5.56 Å². The SMILES string of the molecule is O=C(OCc1ccccc1)C12Oc3nc(=O)ccn3[C@@H]1O[C@H](CO)[C@H]2O. The molecule has 0 amide bonds. The second kappa shape index (κ2) is 6.20. The molecule has 9 heteroatoms. The number of aliphatic hydroxyl groups excluding tert-OH is 2. The van der Waals surface area contributed by atoms with Crippen LogP contribution in [0, 0.1) is 0 Å². The van der Waals surface area contributed by atoms with Crippen LogP contribution in [0.2, 0.25) is 0 Å². The Morgan fingerprint density at radius 3 is 2.81 bits per heavy atom. The molecule has 1 aromatic carbocycles. The van der Waals surface area contributed by atoms with Crippen molar-refractivity contribution < 1.29 is 29.2 Å². The van der Waals surface area contributed by atoms with Crippen molar-refractivity contribution in [3.05, 3.63) is 58.5 Å². The Hall–Kier alpha value is -2.75. The van der Waals surface area contributed by atoms with E-state index in [0.29, 0.717) is 0 Å². The van der Waals surface area contributed by atoms with E-state index in [2.05, 4.69) is 4.98 Å². The van der Waals surface area contributed by atoms with Crippen molar-refractivity contribution >= 4 is 5.97 Å². The van der Waals surface area contributed by atoms with Gasteiger partial charge in [0.2, 0.25) is 0 Å². The van der Waals surface area contributed by atoms with E-state index < -0.39 is 42.2 Å². The Balaban J connectivity index is 1.66. The lowest BCUT2D eigenvalue weighted by atomic mass is 9.94. The number of nitrogens with zero attached hydrogens (tertiary/aromatic N) is 2. The molecule has 2 aliphatic heterocycles. The van der Waals surface area contributed by atoms with Crippen molar-refractivity contribution in [2.45, 2.75) is 30.6 Å². The van der Waals surface area contributed by atoms with Crippen LogP contribution in [-0.2, 0) is 20.9 Å². The molecule has 136 valence electrons. The van der Waals surface area contributed by atoms with Gasteiger partial charge in [-0.1, -0.05) is 30.3 Å². The highest BCUT2D eigenvalue weighted by atomic mass is 16.7. The number of fused-ring (bicyclic) bond motifs is 3. The number of hydrogen-bond acceptors (Lipinski definition) is 8. The molecular weight excluding hydrogens is 344 g/mol. The fourth-order valence-electron chi connectivity index (χ4n) is 3.19. The van der Waals surface area contributed by atoms with Crippen LogP contribution in [0.25, 0.3) is 0 Å². The maximum Gasteiger partial charge on any atom is 0.358 e. The number of hydrogen-bond donors (Lipinski definition) is 2. The van der Waals surface area contributed by atoms with Crippen LogP contribution < -0.4 is 10.3 Å². The monoisotopic (exact) mass is 360 g/mol. The smallest absolute Gasteiger partial charge is 0.358 e. The molecule has 1 fully saturated rings. The summed E-state index contributed by atoms with van der Waals surface area (Å²) in [7, 11) is 0. The summed E-state index contributed by atoms with van der Waals surface area (Å²) in [6.45, 7) is -0.549. The molecule has 26 heavy (non-hydrogen) atoms. The lowest BCUT2D eigenvalue weighted by Crippen LogP contribution is -2.55. The van der Waals surface area contributed by atoms with E-state index in [-0.39, 0.29) is 12.6 Å². The molecule has 2 N–H and O–H groups in total. The van der Waals surface area contributed by atoms with Gasteiger partial charge >= 0.3 is 12.0 Å². The van der Waals surface area contributed by atoms with Crippen LogP contribution in [0.5, 0.6) is 6.01 Å². The first-order valence-electron chi connectivity index (χ1n) is 8.00. The van der Waals surface area contributed by atoms with Crippen molar-refractivity contribution in [3.63, 3.8) is 0 Å². The van der Waals surface area contributed by atoms with Crippen LogP contribution in [0.1, 0.15) is 11.8 Å². The van der Waals surface area contributed by atoms with E-state index >= 15 is 0 Å². The van der Waals surface area contributed by atoms with Gasteiger partial charge in [-0.3, -0.25) is 9.36 Å². The summed E-state index contributed by atoms with van der Waals surface area (Å²) in [6, 6.07) is 10.0. The average molecular weight is 360 g/mol. The molecule has 9 nitrogen and oxygen atoms in total. The number of carbonyl (C=O) groups is 1. The Morgan fingerprint density at radius 1 is 1.31 bits per heavy atom. The molecule has 0 spiro atoms. The van der Waals surface area contributed by atoms with Crippen molar-refractivity contribution in [2.24, 2.45) is 0 Å². The predicted molar refractivity (Wildman–Crippen MR) is 85.1 cm³/mol. The summed E-state index contributed by atoms with van der Waals surface area (Å²) in [4.78, 5) is 28.0. The van der Waals surface area contributed by atoms with Gasteiger partial charge in [-0.15, -0.1) is 0 Å². The van der Waals surface area contributed by atoms with Gasteiger partial charge < -0.3 is 24.4 Å². The van der Waals surface area contributed by atoms with Crippen LogP contribution in [0.4, 0.5) is 0 Å². The zero-order chi connectivity index (χ0) is 18.3. The van der Waals surface area contributed by atoms with E-state index in [1.807, 2.05) is 6.07 Å². The Bertz CT molecular complexity index is 884. The maximum absolute atomic E-state index is 12.9. The van der Waals surface area contributed by atoms with Gasteiger partial charge in [0.05, 0.1) is 6.61 Å². The highest BCUT2D eigenvalue weighted by Crippen LogP contribution is 2.48. The summed E-state index contributed by atoms with van der Waals surface area (Å²) in [5.41, 5.74) is -1.75. The normalized spacial score (nSPS) is 28.9. The van der Waals surface area contributed by atoms with E-state index in [0.717, 1.165) is 5.56 Å². The Kier molecular flexibility index (Phi) is 3.98. The molecule has 1 saturated heterocycles. The maximum atomic E-state index is 12.9. The van der Waals surface area contributed by atoms with E-state index in [9.17, 15) is 19.8 Å². The van der Waals surface area contributed by atoms with Gasteiger partial charge in [0.25, 0.3) is 11.2 Å². The average Bonchev–Trinajstić information content (AvgIpc) is 3.12. The second-order valence-corrected chi connectivity index (χ2v) is 6.07. The minimum atomic E-state index is -1.95. The lowest BCUT2D eigenvalue weighted by Gasteiger charge is -2.27. The largest absolute Gasteiger partial charge is 0.458 e. The van der Waals surface area contributed by atoms with Crippen LogP contribution >= 0.6 is 0 Å². The third kappa shape index (κ3) is 2.40. The lowest BCUT2D eigenvalue weighted by molar-refractivity contribution is -0.174. The van der Waals surface area contributed by atoms with Gasteiger partial charge in [-0.2, -0.15) is 4.98 Å². The van der Waals surface area contributed by atoms with Crippen molar-refractivity contribution in [2.75, 3.05) is 6.61 Å². The van der Waals surface area contributed by atoms with Gasteiger partial charge in [0.1, 0.15) is 18.8 Å². The molecule has 2 aromatic rings. The second-order valence-electron chi connectivity index (χ2n) is 6.07. The minimum absolute atomic E-state index is 0.0325. The van der Waals surface area contributed by atoms with E-state index in [4.69, 9.17) is 14.2 Å². The molecule has 0 radical (unpaired) electrons. The highest BCUT2D eigenvalue weighted by molar-refractivity contribution is 5.82.